The molecule has 0 spiro atoms. The molecule has 0 bridgehead atoms. The Kier molecular flexibility index (Phi) is 5.72. The van der Waals surface area contributed by atoms with Crippen molar-refractivity contribution in [2.24, 2.45) is 0 Å². The molecule has 164 valence electrons. The molecule has 0 aliphatic carbocycles. The van der Waals surface area contributed by atoms with Gasteiger partial charge in [-0.25, -0.2) is 9.36 Å². The summed E-state index contributed by atoms with van der Waals surface area (Å²) in [6, 6.07) is 18.2. The number of rotatable bonds is 6. The molecule has 2 aromatic carbocycles. The second kappa shape index (κ2) is 8.62. The highest BCUT2D eigenvalue weighted by atomic mass is 19.4. The lowest BCUT2D eigenvalue weighted by Gasteiger charge is -2.09. The summed E-state index contributed by atoms with van der Waals surface area (Å²) in [5.41, 5.74) is 2.44. The van der Waals surface area contributed by atoms with Gasteiger partial charge in [-0.2, -0.15) is 0 Å². The SMILES string of the molecule is O=c1n(Cc2ccnc(Cc3ccccc3)c2)cc(O)n1-c1ccc(OC(F)(F)F)cc1. The fraction of sp³-hybridized carbons (Fsp3) is 0.130. The number of imidazole rings is 1. The van der Waals surface area contributed by atoms with Crippen molar-refractivity contribution in [2.75, 3.05) is 0 Å². The number of nitrogens with zero attached hydrogens (tertiary/aromatic N) is 3. The maximum Gasteiger partial charge on any atom is 0.573 e. The van der Waals surface area contributed by atoms with Gasteiger partial charge < -0.3 is 9.84 Å². The largest absolute Gasteiger partial charge is 0.573 e. The summed E-state index contributed by atoms with van der Waals surface area (Å²) >= 11 is 0. The average molecular weight is 441 g/mol. The van der Waals surface area contributed by atoms with Crippen LogP contribution in [0.15, 0.2) is 83.9 Å². The summed E-state index contributed by atoms with van der Waals surface area (Å²) in [7, 11) is 0. The third-order valence-electron chi connectivity index (χ3n) is 4.73. The van der Waals surface area contributed by atoms with E-state index in [1.165, 1.54) is 22.9 Å². The third kappa shape index (κ3) is 5.00. The van der Waals surface area contributed by atoms with Crippen LogP contribution < -0.4 is 10.4 Å². The minimum atomic E-state index is -4.81. The monoisotopic (exact) mass is 441 g/mol. The number of ether oxygens (including phenoxy) is 1. The lowest BCUT2D eigenvalue weighted by Crippen LogP contribution is -2.23. The topological polar surface area (TPSA) is 69.3 Å². The quantitative estimate of drug-likeness (QED) is 0.485. The molecule has 0 aliphatic rings. The van der Waals surface area contributed by atoms with Gasteiger partial charge in [-0.05, 0) is 47.5 Å². The van der Waals surface area contributed by atoms with E-state index in [4.69, 9.17) is 0 Å². The van der Waals surface area contributed by atoms with Crippen LogP contribution >= 0.6 is 0 Å². The first-order chi connectivity index (χ1) is 15.3. The van der Waals surface area contributed by atoms with Crippen LogP contribution in [0.5, 0.6) is 11.6 Å². The molecule has 2 aromatic heterocycles. The number of halogens is 3. The third-order valence-corrected chi connectivity index (χ3v) is 4.73. The van der Waals surface area contributed by atoms with E-state index >= 15 is 0 Å². The number of benzene rings is 2. The van der Waals surface area contributed by atoms with Gasteiger partial charge in [0.25, 0.3) is 0 Å². The van der Waals surface area contributed by atoms with Crippen molar-refractivity contribution in [1.82, 2.24) is 14.1 Å². The first-order valence-corrected chi connectivity index (χ1v) is 9.63. The number of hydrogen-bond donors (Lipinski definition) is 1. The van der Waals surface area contributed by atoms with E-state index < -0.39 is 17.8 Å². The highest BCUT2D eigenvalue weighted by Crippen LogP contribution is 2.24. The Morgan fingerprint density at radius 1 is 0.969 bits per heavy atom. The van der Waals surface area contributed by atoms with Gasteiger partial charge in [0.05, 0.1) is 18.4 Å². The Labute approximate surface area is 180 Å². The van der Waals surface area contributed by atoms with Gasteiger partial charge in [0.1, 0.15) is 5.75 Å². The van der Waals surface area contributed by atoms with Crippen LogP contribution in [0.2, 0.25) is 0 Å². The Hall–Kier alpha value is -4.01. The van der Waals surface area contributed by atoms with Gasteiger partial charge in [0.2, 0.25) is 5.88 Å². The van der Waals surface area contributed by atoms with E-state index in [0.717, 1.165) is 33.5 Å². The predicted octanol–water partition coefficient (Wildman–Crippen LogP) is 4.28. The van der Waals surface area contributed by atoms with Gasteiger partial charge in [0, 0.05) is 18.3 Å². The Balaban J connectivity index is 1.55. The summed E-state index contributed by atoms with van der Waals surface area (Å²) in [6.07, 6.45) is -1.23. The number of pyridine rings is 1. The maximum atomic E-state index is 12.8. The molecule has 0 radical (unpaired) electrons. The van der Waals surface area contributed by atoms with Crippen LogP contribution in [-0.4, -0.2) is 25.6 Å². The van der Waals surface area contributed by atoms with Gasteiger partial charge in [-0.3, -0.25) is 9.55 Å². The van der Waals surface area contributed by atoms with Gasteiger partial charge in [0.15, 0.2) is 0 Å². The minimum Gasteiger partial charge on any atom is -0.493 e. The Bertz CT molecular complexity index is 1260. The zero-order valence-electron chi connectivity index (χ0n) is 16.7. The molecule has 0 unspecified atom stereocenters. The molecule has 4 aromatic rings. The maximum absolute atomic E-state index is 12.8. The van der Waals surface area contributed by atoms with Gasteiger partial charge >= 0.3 is 12.1 Å². The van der Waals surface area contributed by atoms with Crippen LogP contribution in [-0.2, 0) is 13.0 Å². The van der Waals surface area contributed by atoms with Gasteiger partial charge in [-0.1, -0.05) is 30.3 Å². The average Bonchev–Trinajstić information content (AvgIpc) is 3.01. The zero-order valence-corrected chi connectivity index (χ0v) is 16.7. The van der Waals surface area contributed by atoms with Crippen LogP contribution in [0.25, 0.3) is 5.69 Å². The summed E-state index contributed by atoms with van der Waals surface area (Å²) in [5.74, 6) is -0.756. The predicted molar refractivity (Wildman–Crippen MR) is 111 cm³/mol. The van der Waals surface area contributed by atoms with Crippen molar-refractivity contribution in [3.63, 3.8) is 0 Å². The molecule has 2 heterocycles. The lowest BCUT2D eigenvalue weighted by atomic mass is 10.1. The second-order valence-electron chi connectivity index (χ2n) is 7.09. The van der Waals surface area contributed by atoms with Crippen molar-refractivity contribution in [2.45, 2.75) is 19.3 Å². The van der Waals surface area contributed by atoms with E-state index in [2.05, 4.69) is 9.72 Å². The van der Waals surface area contributed by atoms with Crippen molar-refractivity contribution in [3.05, 3.63) is 106 Å². The van der Waals surface area contributed by atoms with Crippen LogP contribution in [0.1, 0.15) is 16.8 Å². The summed E-state index contributed by atoms with van der Waals surface area (Å²) < 4.78 is 43.1. The van der Waals surface area contributed by atoms with Crippen LogP contribution in [0.4, 0.5) is 13.2 Å². The fourth-order valence-corrected chi connectivity index (χ4v) is 3.36. The molecule has 0 saturated carbocycles. The molecule has 0 fully saturated rings. The van der Waals surface area contributed by atoms with Crippen molar-refractivity contribution in [1.29, 1.82) is 0 Å². The fourth-order valence-electron chi connectivity index (χ4n) is 3.36. The zero-order chi connectivity index (χ0) is 22.7. The molecule has 0 amide bonds. The van der Waals surface area contributed by atoms with E-state index in [1.54, 1.807) is 12.3 Å². The first kappa shape index (κ1) is 21.2. The number of aromatic nitrogens is 3. The molecule has 6 nitrogen and oxygen atoms in total. The molecule has 1 N–H and O–H groups in total. The highest BCUT2D eigenvalue weighted by molar-refractivity contribution is 5.40. The summed E-state index contributed by atoms with van der Waals surface area (Å²) in [4.78, 5) is 17.2. The minimum absolute atomic E-state index is 0.193. The molecule has 0 aliphatic heterocycles. The first-order valence-electron chi connectivity index (χ1n) is 9.63. The van der Waals surface area contributed by atoms with E-state index in [0.29, 0.717) is 6.42 Å². The number of alkyl halides is 3. The van der Waals surface area contributed by atoms with Crippen molar-refractivity contribution < 1.29 is 23.0 Å². The molecule has 0 saturated heterocycles. The van der Waals surface area contributed by atoms with E-state index in [1.807, 2.05) is 36.4 Å². The normalized spacial score (nSPS) is 11.5. The van der Waals surface area contributed by atoms with Gasteiger partial charge in [-0.15, -0.1) is 13.2 Å². The molecule has 9 heteroatoms. The smallest absolute Gasteiger partial charge is 0.493 e. The molecule has 4 rings (SSSR count). The molecule has 0 atom stereocenters. The van der Waals surface area contributed by atoms with E-state index in [9.17, 15) is 23.1 Å². The number of aromatic hydroxyl groups is 1. The van der Waals surface area contributed by atoms with E-state index in [-0.39, 0.29) is 18.1 Å². The van der Waals surface area contributed by atoms with Crippen molar-refractivity contribution >= 4 is 0 Å². The molecular weight excluding hydrogens is 423 g/mol. The summed E-state index contributed by atoms with van der Waals surface area (Å²) in [5, 5.41) is 10.3. The highest BCUT2D eigenvalue weighted by Gasteiger charge is 2.31. The van der Waals surface area contributed by atoms with Crippen molar-refractivity contribution in [3.8, 4) is 17.3 Å². The molecular formula is C23H18F3N3O3. The van der Waals surface area contributed by atoms with Crippen LogP contribution in [0.3, 0.4) is 0 Å². The lowest BCUT2D eigenvalue weighted by molar-refractivity contribution is -0.274. The summed E-state index contributed by atoms with van der Waals surface area (Å²) in [6.45, 7) is 0.193. The second-order valence-corrected chi connectivity index (χ2v) is 7.09. The molecule has 32 heavy (non-hydrogen) atoms. The Morgan fingerprint density at radius 3 is 2.38 bits per heavy atom. The van der Waals surface area contributed by atoms with Crippen LogP contribution in [0, 0.1) is 0 Å². The Morgan fingerprint density at radius 2 is 1.69 bits per heavy atom. The number of hydrogen-bond acceptors (Lipinski definition) is 4. The standard InChI is InChI=1S/C23H18F3N3O3/c24-23(25,26)32-20-8-6-19(7-9-20)29-21(30)15-28(22(29)31)14-17-10-11-27-18(13-17)12-16-4-2-1-3-5-16/h1-11,13,15,30H,12,14H2.